The van der Waals surface area contributed by atoms with Gasteiger partial charge in [0.05, 0.1) is 11.4 Å². The molecule has 0 bridgehead atoms. The van der Waals surface area contributed by atoms with Crippen molar-refractivity contribution in [2.45, 2.75) is 43.0 Å². The number of rotatable bonds is 18. The molecule has 0 spiro atoms. The van der Waals surface area contributed by atoms with Crippen LogP contribution in [0, 0.1) is 0 Å². The quantitative estimate of drug-likeness (QED) is 0.0550. The van der Waals surface area contributed by atoms with Gasteiger partial charge in [-0.1, -0.05) is 121 Å². The molecule has 0 aliphatic carbocycles. The molecule has 2 atom stereocenters. The number of likely N-dealkylation sites (N-methyl/N-ethyl adjacent to an activating group) is 1. The smallest absolute Gasteiger partial charge is 0.423 e. The van der Waals surface area contributed by atoms with Gasteiger partial charge in [0.15, 0.2) is 0 Å². The van der Waals surface area contributed by atoms with E-state index in [2.05, 4.69) is 45.9 Å². The van der Waals surface area contributed by atoms with Gasteiger partial charge in [0.25, 0.3) is 0 Å². The van der Waals surface area contributed by atoms with Crippen LogP contribution >= 0.6 is 0 Å². The van der Waals surface area contributed by atoms with E-state index in [1.54, 1.807) is 55.6 Å². The Balaban J connectivity index is 1.07. The Bertz CT molecular complexity index is 3010. The van der Waals surface area contributed by atoms with Gasteiger partial charge in [0, 0.05) is 75.9 Å². The van der Waals surface area contributed by atoms with E-state index in [1.807, 2.05) is 67.5 Å². The van der Waals surface area contributed by atoms with Gasteiger partial charge < -0.3 is 40.5 Å². The summed E-state index contributed by atoms with van der Waals surface area (Å²) in [5.41, 5.74) is 3.40. The molecule has 14 nitrogen and oxygen atoms in total. The minimum Gasteiger partial charge on any atom is -0.423 e. The van der Waals surface area contributed by atoms with Crippen molar-refractivity contribution in [1.82, 2.24) is 24.7 Å². The zero-order valence-electron chi connectivity index (χ0n) is 38.4. The van der Waals surface area contributed by atoms with Crippen LogP contribution in [0.4, 0.5) is 5.69 Å². The van der Waals surface area contributed by atoms with Gasteiger partial charge in [-0.3, -0.25) is 14.5 Å². The first-order valence-electron chi connectivity index (χ1n) is 22.7. The second-order valence-electron chi connectivity index (χ2n) is 17.5. The molecule has 6 N–H and O–H groups in total. The number of fused-ring (bicyclic) bond motifs is 3. The third kappa shape index (κ3) is 10.3. The fourth-order valence-electron chi connectivity index (χ4n) is 9.52. The van der Waals surface area contributed by atoms with E-state index >= 15 is 0 Å². The minimum atomic E-state index is -4.45. The summed E-state index contributed by atoms with van der Waals surface area (Å²) in [6.45, 7) is 0.509. The van der Waals surface area contributed by atoms with E-state index in [4.69, 9.17) is 0 Å². The van der Waals surface area contributed by atoms with E-state index in [0.717, 1.165) is 42.7 Å². The summed E-state index contributed by atoms with van der Waals surface area (Å²) in [6, 6.07) is 41.2. The lowest BCUT2D eigenvalue weighted by Gasteiger charge is -2.29. The summed E-state index contributed by atoms with van der Waals surface area (Å²) in [4.78, 5) is 34.5. The second kappa shape index (κ2) is 21.0. The molecule has 7 aromatic carbocycles. The predicted octanol–water partition coefficient (Wildman–Crippen LogP) is 2.77. The number of likely N-dealkylation sites (tertiary alicyclic amines) is 1. The van der Waals surface area contributed by atoms with Gasteiger partial charge in [0.2, 0.25) is 21.8 Å². The maximum absolute atomic E-state index is 15.0. The fraction of sp³-hybridized carbons (Fsp3) is 0.255. The highest BCUT2D eigenvalue weighted by atomic mass is 32.2. The molecular formula is C51H56B2N6O8S. The van der Waals surface area contributed by atoms with Gasteiger partial charge >= 0.3 is 14.2 Å². The third-order valence-corrected chi connectivity index (χ3v) is 14.9. The Kier molecular flexibility index (Phi) is 14.9. The predicted molar refractivity (Wildman–Crippen MR) is 270 cm³/mol. The first kappa shape index (κ1) is 48.3. The molecule has 17 heteroatoms. The number of carbonyl (C=O) groups is 2. The van der Waals surface area contributed by atoms with Crippen LogP contribution in [0.5, 0.6) is 0 Å². The van der Waals surface area contributed by atoms with Crippen LogP contribution in [0.1, 0.15) is 23.1 Å². The Morgan fingerprint density at radius 2 is 1.25 bits per heavy atom. The van der Waals surface area contributed by atoms with Crippen molar-refractivity contribution in [2.24, 2.45) is 0 Å². The van der Waals surface area contributed by atoms with Crippen molar-refractivity contribution in [3.63, 3.8) is 0 Å². The molecular weight excluding hydrogens is 878 g/mol. The van der Waals surface area contributed by atoms with Crippen LogP contribution in [0.15, 0.2) is 144 Å². The molecule has 0 unspecified atom stereocenters. The summed E-state index contributed by atoms with van der Waals surface area (Å²) in [6.07, 6.45) is 0.282. The van der Waals surface area contributed by atoms with Crippen LogP contribution < -0.4 is 26.5 Å². The lowest BCUT2D eigenvalue weighted by molar-refractivity contribution is -0.138. The number of benzene rings is 7. The molecule has 1 heterocycles. The first-order valence-corrected chi connectivity index (χ1v) is 24.1. The van der Waals surface area contributed by atoms with Crippen LogP contribution in [-0.4, -0.2) is 128 Å². The maximum atomic E-state index is 15.0. The minimum absolute atomic E-state index is 0.0190. The first-order chi connectivity index (χ1) is 32.7. The van der Waals surface area contributed by atoms with Crippen LogP contribution in [0.25, 0.3) is 32.3 Å². The highest BCUT2D eigenvalue weighted by Gasteiger charge is 2.41. The number of anilines is 1. The average molecular weight is 935 g/mol. The summed E-state index contributed by atoms with van der Waals surface area (Å²) in [7, 11) is -2.54. The normalized spacial score (nSPS) is 15.2. The monoisotopic (exact) mass is 934 g/mol. The van der Waals surface area contributed by atoms with E-state index in [9.17, 15) is 38.1 Å². The lowest BCUT2D eigenvalue weighted by Crippen LogP contribution is -2.50. The largest absolute Gasteiger partial charge is 0.488 e. The lowest BCUT2D eigenvalue weighted by atomic mass is 9.77. The molecule has 1 aliphatic rings. The topological polar surface area (TPSA) is 186 Å². The summed E-state index contributed by atoms with van der Waals surface area (Å²) in [5, 5.41) is 52.9. The van der Waals surface area contributed by atoms with Crippen LogP contribution in [0.2, 0.25) is 0 Å². The number of amides is 2. The van der Waals surface area contributed by atoms with Gasteiger partial charge in [-0.05, 0) is 80.8 Å². The van der Waals surface area contributed by atoms with E-state index in [1.165, 1.54) is 17.0 Å². The van der Waals surface area contributed by atoms with Crippen molar-refractivity contribution in [3.05, 3.63) is 156 Å². The summed E-state index contributed by atoms with van der Waals surface area (Å²) >= 11 is 0. The summed E-state index contributed by atoms with van der Waals surface area (Å²) < 4.78 is 31.0. The van der Waals surface area contributed by atoms with E-state index < -0.39 is 48.7 Å². The maximum Gasteiger partial charge on any atom is 0.488 e. The van der Waals surface area contributed by atoms with E-state index in [0.29, 0.717) is 41.4 Å². The Labute approximate surface area is 397 Å². The highest BCUT2D eigenvalue weighted by Crippen LogP contribution is 2.33. The number of nitrogens with one attached hydrogen (secondary N) is 2. The number of sulfonamides is 1. The van der Waals surface area contributed by atoms with Crippen LogP contribution in [0.3, 0.4) is 0 Å². The molecule has 68 heavy (non-hydrogen) atoms. The number of hydrogen-bond acceptors (Lipinski definition) is 11. The average Bonchev–Trinajstić information content (AvgIpc) is 3.78. The number of carbonyl (C=O) groups excluding carboxylic acids is 2. The number of nitrogens with zero attached hydrogens (tertiary/aromatic N) is 4. The fourth-order valence-corrected chi connectivity index (χ4v) is 11.1. The molecule has 1 fully saturated rings. The zero-order valence-corrected chi connectivity index (χ0v) is 39.2. The highest BCUT2D eigenvalue weighted by molar-refractivity contribution is 7.89. The van der Waals surface area contributed by atoms with Crippen molar-refractivity contribution in [3.8, 4) is 0 Å². The van der Waals surface area contributed by atoms with Crippen molar-refractivity contribution >= 4 is 85.0 Å². The molecule has 1 aliphatic heterocycles. The number of hydrogen-bond donors (Lipinski definition) is 6. The molecule has 1 saturated heterocycles. The molecule has 350 valence electrons. The Morgan fingerprint density at radius 3 is 1.87 bits per heavy atom. The van der Waals surface area contributed by atoms with Crippen LogP contribution in [-0.2, 0) is 39.2 Å². The molecule has 0 aromatic heterocycles. The molecule has 0 saturated carbocycles. The molecule has 2 amide bonds. The van der Waals surface area contributed by atoms with Crippen molar-refractivity contribution in [1.29, 1.82) is 0 Å². The second-order valence-corrected chi connectivity index (χ2v) is 19.4. The third-order valence-electron chi connectivity index (χ3n) is 13.0. The molecule has 8 rings (SSSR count). The van der Waals surface area contributed by atoms with Gasteiger partial charge in [-0.25, -0.2) is 8.42 Å². The SMILES string of the molecule is CN[C@H]1C[C@@H](C(=O)NCCN(Cc2ccccc2B(O)O)Cc2c3ccccc3cc3ccccc23)N(C(=O)CN(Cc2ccccc2B(O)O)S(=O)(=O)c2cccc3c(N(C)C)cccc23)C1. The van der Waals surface area contributed by atoms with Gasteiger partial charge in [-0.15, -0.1) is 0 Å². The zero-order chi connectivity index (χ0) is 48.1. The Morgan fingerprint density at radius 1 is 0.691 bits per heavy atom. The summed E-state index contributed by atoms with van der Waals surface area (Å²) in [5.74, 6) is -0.988. The van der Waals surface area contributed by atoms with E-state index in [-0.39, 0.29) is 42.5 Å². The Hall–Kier alpha value is -6.14. The molecule has 7 aromatic rings. The molecule has 0 radical (unpaired) electrons. The van der Waals surface area contributed by atoms with Crippen molar-refractivity contribution in [2.75, 3.05) is 52.2 Å². The standard InChI is InChI=1S/C51H56B2N6O8S/c1-54-39-29-48(51(61)55-26-27-57(30-37-16-6-10-22-45(37)52(62)63)33-44-40-18-8-4-14-35(40)28-36-15-5-9-19-41(36)44)59(32-39)50(60)34-58(31-38-17-7-11-23-46(38)53(64)65)68(66,67)49-25-13-20-42-43(49)21-12-24-47(42)56(2)3/h4-25,28,39,48,54,62-65H,26-27,29-34H2,1-3H3,(H,55,61)/t39-,48-/m0/s1. The van der Waals surface area contributed by atoms with Gasteiger partial charge in [-0.2, -0.15) is 4.31 Å². The van der Waals surface area contributed by atoms with Gasteiger partial charge in [0.1, 0.15) is 6.04 Å². The van der Waals surface area contributed by atoms with Crippen molar-refractivity contribution < 1.29 is 38.1 Å².